The van der Waals surface area contributed by atoms with Gasteiger partial charge >= 0.3 is 6.03 Å². The lowest BCUT2D eigenvalue weighted by molar-refractivity contribution is -0.134. The van der Waals surface area contributed by atoms with Crippen molar-refractivity contribution >= 4 is 11.9 Å². The first kappa shape index (κ1) is 10.3. The van der Waals surface area contributed by atoms with Crippen LogP contribution in [0.2, 0.25) is 0 Å². The van der Waals surface area contributed by atoms with E-state index in [1.807, 2.05) is 7.05 Å². The Morgan fingerprint density at radius 1 is 1.33 bits per heavy atom. The van der Waals surface area contributed by atoms with Gasteiger partial charge in [0.05, 0.1) is 0 Å². The summed E-state index contributed by atoms with van der Waals surface area (Å²) < 4.78 is 0. The van der Waals surface area contributed by atoms with E-state index in [4.69, 9.17) is 5.73 Å². The Morgan fingerprint density at radius 2 is 2.00 bits per heavy atom. The first-order valence-corrected chi connectivity index (χ1v) is 5.44. The second kappa shape index (κ2) is 3.72. The number of hydrogen-bond donors (Lipinski definition) is 1. The number of rotatable bonds is 2. The minimum Gasteiger partial charge on any atom is -0.351 e. The van der Waals surface area contributed by atoms with Crippen molar-refractivity contribution in [2.75, 3.05) is 13.6 Å². The molecule has 0 spiro atoms. The van der Waals surface area contributed by atoms with Crippen LogP contribution in [0.5, 0.6) is 0 Å². The summed E-state index contributed by atoms with van der Waals surface area (Å²) in [6.07, 6.45) is 3.80. The molecule has 15 heavy (non-hydrogen) atoms. The van der Waals surface area contributed by atoms with E-state index in [9.17, 15) is 9.59 Å². The Hall–Kier alpha value is -1.26. The highest BCUT2D eigenvalue weighted by Crippen LogP contribution is 2.28. The highest BCUT2D eigenvalue weighted by atomic mass is 16.2. The molecule has 0 aromatic carbocycles. The van der Waals surface area contributed by atoms with Gasteiger partial charge in [-0.2, -0.15) is 0 Å². The molecule has 1 heterocycles. The number of likely N-dealkylation sites (N-methyl/N-ethyl adjacent to an activating group) is 1. The highest BCUT2D eigenvalue weighted by Gasteiger charge is 2.38. The van der Waals surface area contributed by atoms with E-state index >= 15 is 0 Å². The molecule has 1 aliphatic carbocycles. The van der Waals surface area contributed by atoms with E-state index in [1.165, 1.54) is 4.90 Å². The fourth-order valence-corrected chi connectivity index (χ4v) is 2.16. The van der Waals surface area contributed by atoms with Crippen LogP contribution in [0.15, 0.2) is 0 Å². The van der Waals surface area contributed by atoms with E-state index in [2.05, 4.69) is 0 Å². The smallest absolute Gasteiger partial charge is 0.315 e. The van der Waals surface area contributed by atoms with Crippen LogP contribution in [0, 0.1) is 0 Å². The van der Waals surface area contributed by atoms with Crippen LogP contribution >= 0.6 is 0 Å². The summed E-state index contributed by atoms with van der Waals surface area (Å²) in [4.78, 5) is 26.4. The minimum absolute atomic E-state index is 0.0498. The van der Waals surface area contributed by atoms with Gasteiger partial charge in [0.2, 0.25) is 5.91 Å². The van der Waals surface area contributed by atoms with Gasteiger partial charge in [-0.15, -0.1) is 0 Å². The van der Waals surface area contributed by atoms with Crippen molar-refractivity contribution in [1.29, 1.82) is 0 Å². The van der Waals surface area contributed by atoms with Crippen LogP contribution in [0.25, 0.3) is 0 Å². The van der Waals surface area contributed by atoms with Crippen molar-refractivity contribution in [3.8, 4) is 0 Å². The van der Waals surface area contributed by atoms with Gasteiger partial charge in [0, 0.05) is 19.6 Å². The first-order valence-electron chi connectivity index (χ1n) is 5.44. The molecule has 2 rings (SSSR count). The van der Waals surface area contributed by atoms with E-state index in [0.29, 0.717) is 12.6 Å². The third-order valence-electron chi connectivity index (χ3n) is 3.26. The van der Waals surface area contributed by atoms with Gasteiger partial charge in [-0.3, -0.25) is 4.79 Å². The molecule has 84 valence electrons. The highest BCUT2D eigenvalue weighted by molar-refractivity contribution is 5.87. The van der Waals surface area contributed by atoms with Gasteiger partial charge < -0.3 is 15.5 Å². The Labute approximate surface area is 89.2 Å². The minimum atomic E-state index is -0.477. The number of carbonyl (C=O) groups is 2. The molecule has 0 aromatic heterocycles. The van der Waals surface area contributed by atoms with E-state index in [-0.39, 0.29) is 11.9 Å². The summed E-state index contributed by atoms with van der Waals surface area (Å²) >= 11 is 0. The number of amides is 3. The molecule has 1 saturated carbocycles. The van der Waals surface area contributed by atoms with Crippen LogP contribution in [0.4, 0.5) is 4.79 Å². The standard InChI is InChI=1S/C10H17N3O2/c1-12(7-4-5-7)9(14)8-3-2-6-13(8)10(11)15/h7-8H,2-6H2,1H3,(H2,11,15)/t8-/m0/s1. The maximum absolute atomic E-state index is 12.0. The monoisotopic (exact) mass is 211 g/mol. The Kier molecular flexibility index (Phi) is 2.54. The second-order valence-corrected chi connectivity index (χ2v) is 4.37. The summed E-state index contributed by atoms with van der Waals surface area (Å²) in [7, 11) is 1.82. The molecule has 5 heteroatoms. The summed E-state index contributed by atoms with van der Waals surface area (Å²) in [6, 6.07) is -0.393. The van der Waals surface area contributed by atoms with E-state index in [1.54, 1.807) is 4.90 Å². The number of carbonyl (C=O) groups excluding carboxylic acids is 2. The van der Waals surface area contributed by atoms with Gasteiger partial charge in [0.15, 0.2) is 0 Å². The van der Waals surface area contributed by atoms with Crippen LogP contribution in [0.3, 0.4) is 0 Å². The predicted octanol–water partition coefficient (Wildman–Crippen LogP) is 0.150. The Balaban J connectivity index is 2.01. The molecule has 0 aromatic rings. The molecule has 3 amide bonds. The molecule has 1 atom stereocenters. The summed E-state index contributed by atoms with van der Waals surface area (Å²) in [6.45, 7) is 0.615. The van der Waals surface area contributed by atoms with Crippen LogP contribution < -0.4 is 5.73 Å². The maximum atomic E-state index is 12.0. The third kappa shape index (κ3) is 1.91. The zero-order valence-electron chi connectivity index (χ0n) is 8.98. The number of likely N-dealkylation sites (tertiary alicyclic amines) is 1. The van der Waals surface area contributed by atoms with Gasteiger partial charge in [0.1, 0.15) is 6.04 Å². The topological polar surface area (TPSA) is 66.6 Å². The predicted molar refractivity (Wildman–Crippen MR) is 55.1 cm³/mol. The van der Waals surface area contributed by atoms with Crippen LogP contribution in [-0.4, -0.2) is 47.4 Å². The largest absolute Gasteiger partial charge is 0.351 e. The van der Waals surface area contributed by atoms with Crippen LogP contribution in [0.1, 0.15) is 25.7 Å². The molecule has 0 radical (unpaired) electrons. The van der Waals surface area contributed by atoms with Crippen molar-refractivity contribution in [2.24, 2.45) is 5.73 Å². The van der Waals surface area contributed by atoms with E-state index < -0.39 is 6.03 Å². The van der Waals surface area contributed by atoms with Crippen molar-refractivity contribution in [1.82, 2.24) is 9.80 Å². The Bertz CT molecular complexity index is 288. The summed E-state index contributed by atoms with van der Waals surface area (Å²) in [5.41, 5.74) is 5.23. The lowest BCUT2D eigenvalue weighted by Gasteiger charge is -2.26. The lowest BCUT2D eigenvalue weighted by atomic mass is 10.2. The van der Waals surface area contributed by atoms with Crippen molar-refractivity contribution in [3.05, 3.63) is 0 Å². The van der Waals surface area contributed by atoms with Gasteiger partial charge in [-0.25, -0.2) is 4.79 Å². The molecule has 1 saturated heterocycles. The van der Waals surface area contributed by atoms with E-state index in [0.717, 1.165) is 25.7 Å². The summed E-state index contributed by atoms with van der Waals surface area (Å²) in [5, 5.41) is 0. The van der Waals surface area contributed by atoms with Gasteiger partial charge in [0.25, 0.3) is 0 Å². The molecular weight excluding hydrogens is 194 g/mol. The van der Waals surface area contributed by atoms with Crippen LogP contribution in [-0.2, 0) is 4.79 Å². The molecule has 2 N–H and O–H groups in total. The zero-order valence-corrected chi connectivity index (χ0v) is 8.98. The quantitative estimate of drug-likeness (QED) is 0.706. The molecule has 0 bridgehead atoms. The SMILES string of the molecule is CN(C(=O)[C@@H]1CCCN1C(N)=O)C1CC1. The Morgan fingerprint density at radius 3 is 2.53 bits per heavy atom. The average Bonchev–Trinajstić information content (AvgIpc) is 2.92. The van der Waals surface area contributed by atoms with Gasteiger partial charge in [-0.1, -0.05) is 0 Å². The normalized spacial score (nSPS) is 25.4. The fraction of sp³-hybridized carbons (Fsp3) is 0.800. The molecule has 5 nitrogen and oxygen atoms in total. The number of hydrogen-bond acceptors (Lipinski definition) is 2. The lowest BCUT2D eigenvalue weighted by Crippen LogP contribution is -2.48. The van der Waals surface area contributed by atoms with Crippen molar-refractivity contribution < 1.29 is 9.59 Å². The number of urea groups is 1. The van der Waals surface area contributed by atoms with Crippen molar-refractivity contribution in [3.63, 3.8) is 0 Å². The number of nitrogens with two attached hydrogens (primary N) is 1. The molecule has 0 unspecified atom stereocenters. The molecule has 2 aliphatic rings. The first-order chi connectivity index (χ1) is 7.11. The molecular formula is C10H17N3O2. The fourth-order valence-electron chi connectivity index (χ4n) is 2.16. The second-order valence-electron chi connectivity index (χ2n) is 4.37. The van der Waals surface area contributed by atoms with Crippen molar-refractivity contribution in [2.45, 2.75) is 37.8 Å². The molecule has 1 aliphatic heterocycles. The number of nitrogens with zero attached hydrogens (tertiary/aromatic N) is 2. The molecule has 2 fully saturated rings. The average molecular weight is 211 g/mol. The number of primary amides is 1. The maximum Gasteiger partial charge on any atom is 0.315 e. The summed E-state index contributed by atoms with van der Waals surface area (Å²) in [5.74, 6) is 0.0498. The third-order valence-corrected chi connectivity index (χ3v) is 3.26. The zero-order chi connectivity index (χ0) is 11.0. The van der Waals surface area contributed by atoms with Gasteiger partial charge in [-0.05, 0) is 25.7 Å².